The van der Waals surface area contributed by atoms with Crippen molar-refractivity contribution < 1.29 is 28.5 Å². The summed E-state index contributed by atoms with van der Waals surface area (Å²) in [6.07, 6.45) is -0.0159. The van der Waals surface area contributed by atoms with Crippen molar-refractivity contribution in [2.45, 2.75) is 6.29 Å². The smallest absolute Gasteiger partial charge is 0.343 e. The molecule has 0 atom stereocenters. The minimum Gasteiger partial charge on any atom is -0.497 e. The van der Waals surface area contributed by atoms with Crippen LogP contribution < -0.4 is 24.4 Å². The lowest BCUT2D eigenvalue weighted by Crippen LogP contribution is -2.40. The van der Waals surface area contributed by atoms with E-state index in [-0.39, 0.29) is 5.75 Å². The highest BCUT2D eigenvalue weighted by atomic mass is 35.5. The van der Waals surface area contributed by atoms with Crippen LogP contribution in [-0.2, 0) is 4.79 Å². The summed E-state index contributed by atoms with van der Waals surface area (Å²) in [6.45, 7) is 0. The summed E-state index contributed by atoms with van der Waals surface area (Å²) in [5.74, 6) is 0.309. The maximum atomic E-state index is 13.2. The van der Waals surface area contributed by atoms with Crippen molar-refractivity contribution in [2.24, 2.45) is 5.10 Å². The standard InChI is InChI=1S/C33H24Cl2N2O6/c1-40-25-13-6-22(7-14-25)32(39)43-30-19-8-21-4-2-3-5-28(21)29(30)20-36-37-31(38)33(41-26-15-9-23(34)10-16-26)42-27-17-11-24(35)12-18-27/h2-20,33H,1H3,(H,37,38)/b36-20+. The maximum Gasteiger partial charge on any atom is 0.343 e. The molecule has 1 amide bonds. The molecule has 43 heavy (non-hydrogen) atoms. The van der Waals surface area contributed by atoms with Gasteiger partial charge in [0.25, 0.3) is 0 Å². The first-order valence-electron chi connectivity index (χ1n) is 12.9. The van der Waals surface area contributed by atoms with Crippen molar-refractivity contribution in [3.8, 4) is 23.0 Å². The molecule has 0 unspecified atom stereocenters. The number of benzene rings is 5. The van der Waals surface area contributed by atoms with Gasteiger partial charge in [-0.1, -0.05) is 53.5 Å². The second kappa shape index (κ2) is 13.7. The Balaban J connectivity index is 1.38. The number of carbonyl (C=O) groups excluding carboxylic acids is 2. The number of methoxy groups -OCH3 is 1. The number of nitrogens with one attached hydrogen (secondary N) is 1. The molecule has 216 valence electrons. The molecular formula is C33H24Cl2N2O6. The van der Waals surface area contributed by atoms with Gasteiger partial charge in [0.05, 0.1) is 18.9 Å². The number of fused-ring (bicyclic) bond motifs is 1. The average molecular weight is 615 g/mol. The lowest BCUT2D eigenvalue weighted by Gasteiger charge is -2.19. The van der Waals surface area contributed by atoms with Gasteiger partial charge in [0.15, 0.2) is 0 Å². The zero-order valence-electron chi connectivity index (χ0n) is 22.7. The van der Waals surface area contributed by atoms with Crippen molar-refractivity contribution in [3.63, 3.8) is 0 Å². The van der Waals surface area contributed by atoms with Gasteiger partial charge in [-0.05, 0) is 89.6 Å². The molecule has 0 spiro atoms. The van der Waals surface area contributed by atoms with E-state index in [9.17, 15) is 9.59 Å². The van der Waals surface area contributed by atoms with Gasteiger partial charge in [0.1, 0.15) is 23.0 Å². The molecule has 0 saturated heterocycles. The molecule has 0 aromatic heterocycles. The molecule has 5 rings (SSSR count). The van der Waals surface area contributed by atoms with E-state index in [1.165, 1.54) is 6.21 Å². The van der Waals surface area contributed by atoms with E-state index < -0.39 is 18.2 Å². The third-order valence-electron chi connectivity index (χ3n) is 6.16. The van der Waals surface area contributed by atoms with Crippen LogP contribution in [0.15, 0.2) is 114 Å². The molecule has 5 aromatic carbocycles. The van der Waals surface area contributed by atoms with E-state index in [1.807, 2.05) is 30.3 Å². The maximum absolute atomic E-state index is 13.2. The predicted molar refractivity (Wildman–Crippen MR) is 166 cm³/mol. The predicted octanol–water partition coefficient (Wildman–Crippen LogP) is 7.31. The SMILES string of the molecule is COc1ccc(C(=O)Oc2ccc3ccccc3c2/C=N/NC(=O)C(Oc2ccc(Cl)cc2)Oc2ccc(Cl)cc2)cc1. The fraction of sp³-hybridized carbons (Fsp3) is 0.0606. The second-order valence-corrected chi connectivity index (χ2v) is 9.90. The van der Waals surface area contributed by atoms with Gasteiger partial charge < -0.3 is 18.9 Å². The number of esters is 1. The van der Waals surface area contributed by atoms with Crippen LogP contribution in [0.25, 0.3) is 10.8 Å². The van der Waals surface area contributed by atoms with Crippen LogP contribution in [0.3, 0.4) is 0 Å². The van der Waals surface area contributed by atoms with Gasteiger partial charge in [0.2, 0.25) is 0 Å². The van der Waals surface area contributed by atoms with Crippen molar-refractivity contribution in [1.82, 2.24) is 5.43 Å². The van der Waals surface area contributed by atoms with Crippen molar-refractivity contribution >= 4 is 52.1 Å². The van der Waals surface area contributed by atoms with E-state index in [1.54, 1.807) is 86.0 Å². The molecular weight excluding hydrogens is 591 g/mol. The molecule has 0 bridgehead atoms. The molecule has 0 saturated carbocycles. The Labute approximate surface area is 257 Å². The fourth-order valence-electron chi connectivity index (χ4n) is 4.00. The van der Waals surface area contributed by atoms with E-state index in [2.05, 4.69) is 10.5 Å². The first-order chi connectivity index (χ1) is 20.9. The van der Waals surface area contributed by atoms with Crippen molar-refractivity contribution in [3.05, 3.63) is 130 Å². The Kier molecular flexibility index (Phi) is 9.41. The summed E-state index contributed by atoms with van der Waals surface area (Å²) >= 11 is 12.0. The zero-order chi connectivity index (χ0) is 30.2. The average Bonchev–Trinajstić information content (AvgIpc) is 3.03. The highest BCUT2D eigenvalue weighted by Gasteiger charge is 2.23. The first kappa shape index (κ1) is 29.4. The molecule has 5 aromatic rings. The molecule has 0 aliphatic heterocycles. The van der Waals surface area contributed by atoms with Crippen LogP contribution >= 0.6 is 23.2 Å². The first-order valence-corrected chi connectivity index (χ1v) is 13.7. The summed E-state index contributed by atoms with van der Waals surface area (Å²) in [4.78, 5) is 26.2. The highest BCUT2D eigenvalue weighted by Crippen LogP contribution is 2.28. The number of hydrogen-bond acceptors (Lipinski definition) is 7. The molecule has 0 aliphatic rings. The van der Waals surface area contributed by atoms with Crippen LogP contribution in [-0.4, -0.2) is 31.5 Å². The number of halogens is 2. The van der Waals surface area contributed by atoms with Crippen LogP contribution in [0.1, 0.15) is 15.9 Å². The normalized spacial score (nSPS) is 11.0. The van der Waals surface area contributed by atoms with E-state index >= 15 is 0 Å². The van der Waals surface area contributed by atoms with Gasteiger partial charge in [0, 0.05) is 15.6 Å². The zero-order valence-corrected chi connectivity index (χ0v) is 24.2. The number of ether oxygens (including phenoxy) is 4. The summed E-state index contributed by atoms with van der Waals surface area (Å²) in [6, 6.07) is 30.5. The van der Waals surface area contributed by atoms with Gasteiger partial charge >= 0.3 is 18.2 Å². The second-order valence-electron chi connectivity index (χ2n) is 9.03. The quantitative estimate of drug-likeness (QED) is 0.0582. The number of nitrogens with zero attached hydrogens (tertiary/aromatic N) is 1. The minimum absolute atomic E-state index is 0.254. The topological polar surface area (TPSA) is 95.5 Å². The van der Waals surface area contributed by atoms with Crippen molar-refractivity contribution in [1.29, 1.82) is 0 Å². The largest absolute Gasteiger partial charge is 0.497 e. The molecule has 0 heterocycles. The monoisotopic (exact) mass is 614 g/mol. The fourth-order valence-corrected chi connectivity index (χ4v) is 4.25. The van der Waals surface area contributed by atoms with Crippen LogP contribution in [0.4, 0.5) is 0 Å². The number of rotatable bonds is 10. The Hall–Kier alpha value is -5.05. The van der Waals surface area contributed by atoms with E-state index in [0.29, 0.717) is 38.4 Å². The summed E-state index contributed by atoms with van der Waals surface area (Å²) < 4.78 is 22.5. The van der Waals surface area contributed by atoms with Crippen molar-refractivity contribution in [2.75, 3.05) is 7.11 Å². The number of carbonyl (C=O) groups is 2. The summed E-state index contributed by atoms with van der Waals surface area (Å²) in [5, 5.41) is 6.81. The summed E-state index contributed by atoms with van der Waals surface area (Å²) in [7, 11) is 1.54. The number of amides is 1. The number of hydrazone groups is 1. The number of hydrogen-bond donors (Lipinski definition) is 1. The van der Waals surface area contributed by atoms with Gasteiger partial charge in [-0.15, -0.1) is 0 Å². The third kappa shape index (κ3) is 7.62. The Morgan fingerprint density at radius 1 is 0.744 bits per heavy atom. The van der Waals surface area contributed by atoms with E-state index in [4.69, 9.17) is 42.1 Å². The lowest BCUT2D eigenvalue weighted by molar-refractivity contribution is -0.140. The molecule has 10 heteroatoms. The molecule has 0 aliphatic carbocycles. The van der Waals surface area contributed by atoms with Gasteiger partial charge in [-0.25, -0.2) is 10.2 Å². The molecule has 8 nitrogen and oxygen atoms in total. The third-order valence-corrected chi connectivity index (χ3v) is 6.66. The van der Waals surface area contributed by atoms with Crippen LogP contribution in [0, 0.1) is 0 Å². The van der Waals surface area contributed by atoms with Crippen LogP contribution in [0.5, 0.6) is 23.0 Å². The Morgan fingerprint density at radius 3 is 1.93 bits per heavy atom. The molecule has 1 N–H and O–H groups in total. The summed E-state index contributed by atoms with van der Waals surface area (Å²) in [5.41, 5.74) is 3.28. The lowest BCUT2D eigenvalue weighted by atomic mass is 10.0. The van der Waals surface area contributed by atoms with E-state index in [0.717, 1.165) is 10.8 Å². The van der Waals surface area contributed by atoms with Gasteiger partial charge in [-0.2, -0.15) is 5.10 Å². The minimum atomic E-state index is -1.42. The molecule has 0 fully saturated rings. The Morgan fingerprint density at radius 2 is 1.33 bits per heavy atom. The highest BCUT2D eigenvalue weighted by molar-refractivity contribution is 6.30. The van der Waals surface area contributed by atoms with Crippen LogP contribution in [0.2, 0.25) is 10.0 Å². The van der Waals surface area contributed by atoms with Gasteiger partial charge in [-0.3, -0.25) is 4.79 Å². The molecule has 0 radical (unpaired) electrons. The Bertz CT molecular complexity index is 1710.